The lowest BCUT2D eigenvalue weighted by molar-refractivity contribution is -0.131. The van der Waals surface area contributed by atoms with Crippen LogP contribution < -0.4 is 21.7 Å². The van der Waals surface area contributed by atoms with E-state index < -0.39 is 5.91 Å². The topological polar surface area (TPSA) is 126 Å². The number of hydrogen-bond acceptors (Lipinski definition) is 7. The minimum atomic E-state index is -0.687. The van der Waals surface area contributed by atoms with Crippen LogP contribution in [-0.4, -0.2) is 50.4 Å². The third-order valence-electron chi connectivity index (χ3n) is 8.51. The molecule has 4 aliphatic rings. The van der Waals surface area contributed by atoms with E-state index in [0.29, 0.717) is 29.1 Å². The van der Waals surface area contributed by atoms with Crippen molar-refractivity contribution in [3.63, 3.8) is 0 Å². The highest BCUT2D eigenvalue weighted by molar-refractivity contribution is 6.23. The molecule has 0 saturated heterocycles. The number of hydrogen-bond donors (Lipinski definition) is 4. The number of halogens is 1. The molecule has 1 aliphatic heterocycles. The van der Waals surface area contributed by atoms with E-state index in [1.54, 1.807) is 36.5 Å². The fourth-order valence-electron chi connectivity index (χ4n) is 4.95. The third-order valence-corrected chi connectivity index (χ3v) is 8.51. The molecule has 8 nitrogen and oxygen atoms in total. The van der Waals surface area contributed by atoms with Gasteiger partial charge in [0.1, 0.15) is 5.83 Å². The zero-order valence-electron chi connectivity index (χ0n) is 28.1. The number of carbonyl (C=O) groups excluding carboxylic acids is 3. The van der Waals surface area contributed by atoms with E-state index in [1.807, 2.05) is 13.3 Å². The highest BCUT2D eigenvalue weighted by Crippen LogP contribution is 2.50. The van der Waals surface area contributed by atoms with Gasteiger partial charge in [0.25, 0.3) is 5.91 Å². The Balaban J connectivity index is 0.000000171. The van der Waals surface area contributed by atoms with Gasteiger partial charge in [0, 0.05) is 30.1 Å². The van der Waals surface area contributed by atoms with Gasteiger partial charge < -0.3 is 21.7 Å². The van der Waals surface area contributed by atoms with E-state index in [9.17, 15) is 18.8 Å². The molecule has 0 unspecified atom stereocenters. The van der Waals surface area contributed by atoms with Gasteiger partial charge in [0.15, 0.2) is 5.78 Å². The largest absolute Gasteiger partial charge is 0.404 e. The lowest BCUT2D eigenvalue weighted by atomic mass is 9.91. The van der Waals surface area contributed by atoms with E-state index in [0.717, 1.165) is 17.2 Å². The molecule has 0 radical (unpaired) electrons. The molecule has 1 heterocycles. The lowest BCUT2D eigenvalue weighted by Gasteiger charge is -2.14. The Morgan fingerprint density at radius 2 is 1.88 bits per heavy atom. The second-order valence-corrected chi connectivity index (χ2v) is 12.7. The summed E-state index contributed by atoms with van der Waals surface area (Å²) >= 11 is 0. The predicted molar refractivity (Wildman–Crippen MR) is 190 cm³/mol. The number of allylic oxidation sites excluding steroid dienone is 4. The summed E-state index contributed by atoms with van der Waals surface area (Å²) in [5, 5.41) is 8.13. The van der Waals surface area contributed by atoms with Crippen molar-refractivity contribution in [1.29, 1.82) is 0 Å². The average Bonchev–Trinajstić information content (AvgIpc) is 3.96. The third kappa shape index (κ3) is 11.5. The molecule has 3 aliphatic carbocycles. The number of carbonyl (C=O) groups is 3. The number of aliphatic imine (C=N–C) groups is 1. The smallest absolute Gasteiger partial charge is 0.284 e. The summed E-state index contributed by atoms with van der Waals surface area (Å²) in [5.41, 5.74) is 13.7. The first-order valence-electron chi connectivity index (χ1n) is 16.5. The first-order valence-corrected chi connectivity index (χ1v) is 16.5. The van der Waals surface area contributed by atoms with Gasteiger partial charge in [-0.25, -0.2) is 4.39 Å². The molecule has 3 fully saturated rings. The van der Waals surface area contributed by atoms with Crippen molar-refractivity contribution < 1.29 is 18.8 Å². The van der Waals surface area contributed by atoms with E-state index >= 15 is 0 Å². The van der Waals surface area contributed by atoms with Crippen molar-refractivity contribution in [2.75, 3.05) is 20.1 Å². The van der Waals surface area contributed by atoms with Crippen molar-refractivity contribution in [3.8, 4) is 11.8 Å². The Hall–Kier alpha value is -4.81. The monoisotopic (exact) mass is 651 g/mol. The SMILES string of the molecule is CC(=O)c1ccccc1CNC(=O)C=O.CC1(c2cc(/C(C=NC3CC3)=C/N)cc(C3CC3)c2)CC1.CNCC#CC1=CC=C(F)CN1. The molecule has 0 atom stereocenters. The number of nitrogens with two attached hydrogens (primary N) is 1. The zero-order chi connectivity index (χ0) is 34.5. The number of aldehydes is 1. The number of amides is 1. The predicted octanol–water partition coefficient (Wildman–Crippen LogP) is 5.40. The molecule has 9 heteroatoms. The van der Waals surface area contributed by atoms with Crippen molar-refractivity contribution in [1.82, 2.24) is 16.0 Å². The van der Waals surface area contributed by atoms with Gasteiger partial charge in [0.2, 0.25) is 6.29 Å². The molecular formula is C39H46FN5O3. The molecule has 48 heavy (non-hydrogen) atoms. The zero-order valence-corrected chi connectivity index (χ0v) is 28.1. The molecule has 0 bridgehead atoms. The van der Waals surface area contributed by atoms with Gasteiger partial charge in [-0.15, -0.1) is 0 Å². The summed E-state index contributed by atoms with van der Waals surface area (Å²) in [5.74, 6) is 5.62. The molecular weight excluding hydrogens is 605 g/mol. The number of ketones is 1. The molecule has 0 aromatic heterocycles. The summed E-state index contributed by atoms with van der Waals surface area (Å²) in [6, 6.07) is 14.6. The van der Waals surface area contributed by atoms with Gasteiger partial charge in [-0.3, -0.25) is 19.4 Å². The molecule has 6 rings (SSSR count). The number of dihydropyridines is 1. The van der Waals surface area contributed by atoms with Crippen molar-refractivity contribution >= 4 is 29.8 Å². The summed E-state index contributed by atoms with van der Waals surface area (Å²) in [4.78, 5) is 36.6. The van der Waals surface area contributed by atoms with Gasteiger partial charge in [0.05, 0.1) is 24.8 Å². The van der Waals surface area contributed by atoms with Gasteiger partial charge in [-0.1, -0.05) is 55.3 Å². The van der Waals surface area contributed by atoms with Gasteiger partial charge >= 0.3 is 0 Å². The highest BCUT2D eigenvalue weighted by atomic mass is 19.1. The molecule has 2 aromatic carbocycles. The maximum atomic E-state index is 12.4. The summed E-state index contributed by atoms with van der Waals surface area (Å²) in [7, 11) is 1.83. The van der Waals surface area contributed by atoms with Crippen LogP contribution in [0.15, 0.2) is 77.3 Å². The van der Waals surface area contributed by atoms with Crippen LogP contribution in [-0.2, 0) is 21.5 Å². The number of benzene rings is 2. The van der Waals surface area contributed by atoms with Gasteiger partial charge in [-0.05, 0) is 104 Å². The van der Waals surface area contributed by atoms with Crippen LogP contribution in [0.25, 0.3) is 5.57 Å². The summed E-state index contributed by atoms with van der Waals surface area (Å²) in [6.07, 6.45) is 14.8. The lowest BCUT2D eigenvalue weighted by Crippen LogP contribution is -2.24. The minimum absolute atomic E-state index is 0.0639. The maximum Gasteiger partial charge on any atom is 0.284 e. The first kappa shape index (κ1) is 36.0. The number of nitrogens with zero attached hydrogens (tertiary/aromatic N) is 1. The second-order valence-electron chi connectivity index (χ2n) is 12.7. The van der Waals surface area contributed by atoms with Crippen molar-refractivity contribution in [2.45, 2.75) is 76.3 Å². The van der Waals surface area contributed by atoms with E-state index in [-0.39, 0.29) is 31.0 Å². The molecule has 0 spiro atoms. The molecule has 5 N–H and O–H groups in total. The number of Topliss-reactive ketones (excluding diaryl/α,β-unsaturated/α-hetero) is 1. The summed E-state index contributed by atoms with van der Waals surface area (Å²) < 4.78 is 12.4. The number of rotatable bonds is 10. The highest BCUT2D eigenvalue weighted by Gasteiger charge is 2.40. The average molecular weight is 652 g/mol. The van der Waals surface area contributed by atoms with Crippen LogP contribution in [0.4, 0.5) is 4.39 Å². The quantitative estimate of drug-likeness (QED) is 0.0897. The van der Waals surface area contributed by atoms with Gasteiger partial charge in [-0.2, -0.15) is 0 Å². The van der Waals surface area contributed by atoms with Crippen LogP contribution in [0.3, 0.4) is 0 Å². The van der Waals surface area contributed by atoms with Crippen LogP contribution >= 0.6 is 0 Å². The molecule has 2 aromatic rings. The summed E-state index contributed by atoms with van der Waals surface area (Å²) in [6.45, 7) is 4.92. The van der Waals surface area contributed by atoms with Crippen molar-refractivity contribution in [2.24, 2.45) is 10.7 Å². The molecule has 3 saturated carbocycles. The Bertz CT molecular complexity index is 1670. The fraction of sp³-hybridized carbons (Fsp3) is 0.385. The van der Waals surface area contributed by atoms with Crippen molar-refractivity contribution in [3.05, 3.63) is 100 Å². The Morgan fingerprint density at radius 3 is 2.46 bits per heavy atom. The first-order chi connectivity index (χ1) is 23.1. The van der Waals surface area contributed by atoms with E-state index in [2.05, 4.69) is 57.9 Å². The minimum Gasteiger partial charge on any atom is -0.404 e. The molecule has 1 amide bonds. The Labute approximate surface area is 283 Å². The Morgan fingerprint density at radius 1 is 1.12 bits per heavy atom. The van der Waals surface area contributed by atoms with E-state index in [4.69, 9.17) is 5.73 Å². The van der Waals surface area contributed by atoms with Crippen LogP contribution in [0.2, 0.25) is 0 Å². The van der Waals surface area contributed by atoms with Crippen LogP contribution in [0.5, 0.6) is 0 Å². The van der Waals surface area contributed by atoms with Crippen LogP contribution in [0, 0.1) is 11.8 Å². The van der Waals surface area contributed by atoms with E-state index in [1.165, 1.54) is 68.2 Å². The molecule has 252 valence electrons. The second kappa shape index (κ2) is 17.4. The van der Waals surface area contributed by atoms with Crippen LogP contribution in [0.1, 0.15) is 90.9 Å². The maximum absolute atomic E-state index is 12.4. The standard InChI is InChI=1S/C19H24N2.C11H11NO3.C9H11FN2/c1-19(6-7-19)17-9-14(13-2-3-13)8-15(10-17)16(11-20)12-21-18-4-5-18;1-8(14)10-5-3-2-4-9(10)6-12-11(15)7-13;1-11-6-2-3-9-5-4-8(10)7-12-9/h8-13,18H,2-7,20H2,1H3;2-5,7H,6H2,1H3,(H,12,15);4-5,11-12H,6-7H2,1H3/b16-11+,21-12?;;. The Kier molecular flexibility index (Phi) is 13.0. The normalized spacial score (nSPS) is 17.5. The number of nitrogens with one attached hydrogen (secondary N) is 3. The fourth-order valence-corrected chi connectivity index (χ4v) is 4.95.